The summed E-state index contributed by atoms with van der Waals surface area (Å²) in [5.74, 6) is 0.560. The van der Waals surface area contributed by atoms with Gasteiger partial charge in [0.25, 0.3) is 0 Å². The summed E-state index contributed by atoms with van der Waals surface area (Å²) in [7, 11) is 0. The molecule has 1 aliphatic carbocycles. The number of hydrogen-bond acceptors (Lipinski definition) is 0. The Morgan fingerprint density at radius 2 is 1.57 bits per heavy atom. The van der Waals surface area contributed by atoms with Gasteiger partial charge in [0, 0.05) is 0 Å². The Hall–Kier alpha value is -0.240. The van der Waals surface area contributed by atoms with Crippen LogP contribution in [0.3, 0.4) is 0 Å². The summed E-state index contributed by atoms with van der Waals surface area (Å²) in [6, 6.07) is 10.9. The van der Waals surface area contributed by atoms with Gasteiger partial charge in [-0.25, -0.2) is 5.57 Å². The molecule has 0 saturated heterocycles. The normalized spacial score (nSPS) is 16.0. The van der Waals surface area contributed by atoms with Gasteiger partial charge in [0.2, 0.25) is 0 Å². The van der Waals surface area contributed by atoms with Crippen LogP contribution in [0.1, 0.15) is 54.0 Å². The van der Waals surface area contributed by atoms with Crippen molar-refractivity contribution in [3.63, 3.8) is 0 Å². The van der Waals surface area contributed by atoms with Gasteiger partial charge in [0.05, 0.1) is 0 Å². The second-order valence-electron chi connectivity index (χ2n) is 6.59. The molecule has 0 radical (unpaired) electrons. The summed E-state index contributed by atoms with van der Waals surface area (Å²) < 4.78 is 0. The molecule has 128 valence electrons. The third kappa shape index (κ3) is 15.1. The van der Waals surface area contributed by atoms with Crippen LogP contribution in [0.5, 0.6) is 0 Å². The van der Waals surface area contributed by atoms with Crippen molar-refractivity contribution < 1.29 is 23.3 Å². The maximum absolute atomic E-state index is 6.94. The van der Waals surface area contributed by atoms with E-state index in [9.17, 15) is 0 Å². The zero-order valence-corrected chi connectivity index (χ0v) is 20.0. The summed E-state index contributed by atoms with van der Waals surface area (Å²) in [5.41, 5.74) is 12.1. The molecule has 1 N–H and O–H groups in total. The van der Waals surface area contributed by atoms with Crippen LogP contribution in [-0.4, -0.2) is 12.4 Å². The van der Waals surface area contributed by atoms with Gasteiger partial charge >= 0.3 is 30.2 Å². The summed E-state index contributed by atoms with van der Waals surface area (Å²) in [6.07, 6.45) is 3.36. The monoisotopic (exact) mass is 404 g/mol. The third-order valence-electron chi connectivity index (χ3n) is 3.10. The minimum atomic E-state index is -0.250. The van der Waals surface area contributed by atoms with E-state index in [-0.39, 0.29) is 5.54 Å². The molecule has 0 amide bonds. The van der Waals surface area contributed by atoms with Gasteiger partial charge in [0.15, 0.2) is 0 Å². The Morgan fingerprint density at radius 1 is 1.09 bits per heavy atom. The van der Waals surface area contributed by atoms with E-state index in [0.29, 0.717) is 5.92 Å². The second-order valence-corrected chi connectivity index (χ2v) is 6.59. The van der Waals surface area contributed by atoms with Crippen LogP contribution in [0.15, 0.2) is 41.0 Å². The van der Waals surface area contributed by atoms with Crippen molar-refractivity contribution >= 4 is 6.88 Å². The van der Waals surface area contributed by atoms with Gasteiger partial charge in [0.1, 0.15) is 0 Å². The molecule has 0 bridgehead atoms. The van der Waals surface area contributed by atoms with E-state index in [1.807, 2.05) is 58.8 Å². The van der Waals surface area contributed by atoms with Crippen LogP contribution in [-0.2, 0) is 23.3 Å². The Labute approximate surface area is 161 Å². The molecule has 0 spiro atoms. The van der Waals surface area contributed by atoms with E-state index in [0.717, 1.165) is 0 Å². The fraction of sp³-hybridized carbons (Fsp3) is 0.500. The van der Waals surface area contributed by atoms with E-state index in [4.69, 9.17) is 5.73 Å². The van der Waals surface area contributed by atoms with Crippen molar-refractivity contribution in [3.8, 4) is 0 Å². The molecule has 2 rings (SSSR count). The topological polar surface area (TPSA) is 23.8 Å². The maximum atomic E-state index is 6.94. The van der Waals surface area contributed by atoms with Crippen LogP contribution in [0.2, 0.25) is 0 Å². The molecule has 23 heavy (non-hydrogen) atoms. The van der Waals surface area contributed by atoms with Gasteiger partial charge in [-0.3, -0.25) is 6.08 Å². The Kier molecular flexibility index (Phi) is 14.2. The first-order chi connectivity index (χ1) is 10.5. The minimum absolute atomic E-state index is 0.250. The van der Waals surface area contributed by atoms with Crippen LogP contribution < -0.4 is 0 Å². The van der Waals surface area contributed by atoms with Gasteiger partial charge in [-0.1, -0.05) is 54.4 Å². The molecule has 0 saturated carbocycles. The Morgan fingerprint density at radius 3 is 1.70 bits per heavy atom. The molecule has 3 heteroatoms. The molecule has 0 heterocycles. The van der Waals surface area contributed by atoms with Crippen molar-refractivity contribution in [2.24, 2.45) is 5.92 Å². The van der Waals surface area contributed by atoms with Gasteiger partial charge in [-0.05, 0) is 0 Å². The molecular formula is C20H32NSiZr-3. The number of aryl methyl sites for hydroxylation is 1. The van der Waals surface area contributed by atoms with Gasteiger partial charge < -0.3 is 5.73 Å². The first kappa shape index (κ1) is 25.0. The third-order valence-corrected chi connectivity index (χ3v) is 3.10. The summed E-state index contributed by atoms with van der Waals surface area (Å²) in [5, 5.41) is 0. The number of benzene rings is 1. The van der Waals surface area contributed by atoms with E-state index < -0.39 is 0 Å². The molecule has 0 aliphatic heterocycles. The van der Waals surface area contributed by atoms with E-state index in [1.54, 1.807) is 23.3 Å². The quantitative estimate of drug-likeness (QED) is 0.405. The number of nitrogens with one attached hydrogen (secondary N) is 1. The van der Waals surface area contributed by atoms with Crippen LogP contribution in [0.4, 0.5) is 0 Å². The van der Waals surface area contributed by atoms with Crippen LogP contribution in [0.25, 0.3) is 5.73 Å². The number of rotatable bonds is 0. The molecule has 0 aromatic heterocycles. The SMILES string of the molecule is CC(C)(C)[NH-].CC1=[C-]C(C)C(C)=C1C.Cc1[c-]cccc1.[SiH2]=[Zr]. The average Bonchev–Trinajstić information content (AvgIpc) is 2.67. The molecule has 1 aliphatic rings. The molecule has 1 atom stereocenters. The van der Waals surface area contributed by atoms with E-state index in [2.05, 4.69) is 39.8 Å². The molecule has 1 aromatic rings. The van der Waals surface area contributed by atoms with Crippen LogP contribution in [0, 0.1) is 25.0 Å². The predicted octanol–water partition coefficient (Wildman–Crippen LogP) is 5.44. The summed E-state index contributed by atoms with van der Waals surface area (Å²) in [6.45, 7) is 18.2. The Balaban J connectivity index is 0. The van der Waals surface area contributed by atoms with Gasteiger partial charge in [-0.15, -0.1) is 12.5 Å². The first-order valence-corrected chi connectivity index (χ1v) is 13.8. The van der Waals surface area contributed by atoms with Crippen molar-refractivity contribution in [1.82, 2.24) is 0 Å². The van der Waals surface area contributed by atoms with Crippen molar-refractivity contribution in [1.29, 1.82) is 0 Å². The molecule has 1 nitrogen and oxygen atoms in total. The molecular weight excluding hydrogens is 374 g/mol. The fourth-order valence-corrected chi connectivity index (χ4v) is 1.64. The van der Waals surface area contributed by atoms with Gasteiger partial charge in [-0.2, -0.15) is 47.0 Å². The number of allylic oxidation sites excluding steroid dienone is 4. The average molecular weight is 406 g/mol. The van der Waals surface area contributed by atoms with Crippen molar-refractivity contribution in [3.05, 3.63) is 64.4 Å². The van der Waals surface area contributed by atoms with E-state index >= 15 is 0 Å². The predicted molar refractivity (Wildman–Crippen MR) is 103 cm³/mol. The second kappa shape index (κ2) is 13.1. The summed E-state index contributed by atoms with van der Waals surface area (Å²) >= 11 is 1.58. The first-order valence-electron chi connectivity index (χ1n) is 7.84. The molecule has 1 unspecified atom stereocenters. The van der Waals surface area contributed by atoms with Crippen molar-refractivity contribution in [2.75, 3.05) is 0 Å². The molecule has 0 fully saturated rings. The molecule has 1 aromatic carbocycles. The van der Waals surface area contributed by atoms with Crippen molar-refractivity contribution in [2.45, 2.75) is 60.9 Å². The zero-order chi connectivity index (χ0) is 18.6. The number of hydrogen-bond donors (Lipinski definition) is 0. The standard InChI is InChI=1S/C9H13.C7H7.C4H10N.H2Si.Zr/c1-6-5-7(2)9(4)8(6)3;1-7-5-3-2-4-6-7;1-4(2,3)5;;/h6H,1-4H3;2-5H,1H3;5H,1-3H3;1H2;/q3*-1;;. The van der Waals surface area contributed by atoms with Crippen LogP contribution >= 0.6 is 0 Å². The van der Waals surface area contributed by atoms with E-state index in [1.165, 1.54) is 22.3 Å². The fourth-order valence-electron chi connectivity index (χ4n) is 1.64. The Bertz CT molecular complexity index is 492. The summed E-state index contributed by atoms with van der Waals surface area (Å²) in [4.78, 5) is 0. The zero-order valence-electron chi connectivity index (χ0n) is 16.1.